The number of allylic oxidation sites excluding steroid dienone is 2. The summed E-state index contributed by atoms with van der Waals surface area (Å²) in [6.45, 7) is 7.94. The molecule has 106 valence electrons. The summed E-state index contributed by atoms with van der Waals surface area (Å²) in [5, 5.41) is 0. The van der Waals surface area contributed by atoms with E-state index < -0.39 is 5.41 Å². The Balaban J connectivity index is 2.44. The second-order valence-electron chi connectivity index (χ2n) is 6.13. The van der Waals surface area contributed by atoms with E-state index in [9.17, 15) is 9.18 Å². The summed E-state index contributed by atoms with van der Waals surface area (Å²) in [5.41, 5.74) is 1.47. The maximum absolute atomic E-state index is 14.2. The molecule has 20 heavy (non-hydrogen) atoms. The van der Waals surface area contributed by atoms with Gasteiger partial charge in [-0.2, -0.15) is 0 Å². The van der Waals surface area contributed by atoms with Crippen LogP contribution in [0, 0.1) is 18.2 Å². The van der Waals surface area contributed by atoms with Crippen LogP contribution in [0.5, 0.6) is 0 Å². The third-order valence-corrected chi connectivity index (χ3v) is 3.26. The summed E-state index contributed by atoms with van der Waals surface area (Å²) >= 11 is 0. The zero-order valence-electron chi connectivity index (χ0n) is 12.4. The fourth-order valence-electron chi connectivity index (χ4n) is 2.17. The molecule has 2 rings (SSSR count). The van der Waals surface area contributed by atoms with E-state index in [0.717, 1.165) is 5.56 Å². The van der Waals surface area contributed by atoms with Crippen LogP contribution in [0.3, 0.4) is 0 Å². The van der Waals surface area contributed by atoms with Crippen LogP contribution in [0.15, 0.2) is 36.4 Å². The normalized spacial score (nSPS) is 15.2. The molecule has 0 saturated carbocycles. The number of nitrogens with zero attached hydrogens (tertiary/aromatic N) is 1. The topological polar surface area (TPSA) is 20.3 Å². The average molecular weight is 273 g/mol. The Bertz CT molecular complexity index is 593. The summed E-state index contributed by atoms with van der Waals surface area (Å²) in [6, 6.07) is 5.09. The lowest BCUT2D eigenvalue weighted by Crippen LogP contribution is -2.39. The molecule has 1 aliphatic rings. The first-order valence-corrected chi connectivity index (χ1v) is 6.76. The zero-order valence-corrected chi connectivity index (χ0v) is 12.4. The van der Waals surface area contributed by atoms with Crippen LogP contribution in [0.2, 0.25) is 0 Å². The van der Waals surface area contributed by atoms with Gasteiger partial charge in [0.05, 0.1) is 5.70 Å². The van der Waals surface area contributed by atoms with Crippen molar-refractivity contribution in [1.82, 2.24) is 4.90 Å². The Morgan fingerprint density at radius 3 is 2.60 bits per heavy atom. The van der Waals surface area contributed by atoms with Gasteiger partial charge in [0.15, 0.2) is 0 Å². The molecule has 0 N–H and O–H groups in total. The van der Waals surface area contributed by atoms with Gasteiger partial charge in [0.1, 0.15) is 5.82 Å². The minimum atomic E-state index is -0.495. The highest BCUT2D eigenvalue weighted by molar-refractivity contribution is 5.91. The first-order valence-electron chi connectivity index (χ1n) is 6.76. The van der Waals surface area contributed by atoms with Crippen molar-refractivity contribution >= 4 is 11.6 Å². The Kier molecular flexibility index (Phi) is 3.80. The highest BCUT2D eigenvalue weighted by Crippen LogP contribution is 2.29. The van der Waals surface area contributed by atoms with Gasteiger partial charge >= 0.3 is 0 Å². The van der Waals surface area contributed by atoms with Crippen LogP contribution in [-0.4, -0.2) is 17.4 Å². The third-order valence-electron chi connectivity index (χ3n) is 3.26. The van der Waals surface area contributed by atoms with Gasteiger partial charge in [-0.3, -0.25) is 4.79 Å². The van der Waals surface area contributed by atoms with Crippen LogP contribution < -0.4 is 0 Å². The second kappa shape index (κ2) is 5.23. The van der Waals surface area contributed by atoms with Gasteiger partial charge in [-0.25, -0.2) is 4.39 Å². The number of carbonyl (C=O) groups is 1. The van der Waals surface area contributed by atoms with Gasteiger partial charge in [0.25, 0.3) is 0 Å². The monoisotopic (exact) mass is 273 g/mol. The van der Waals surface area contributed by atoms with Crippen molar-refractivity contribution in [3.63, 3.8) is 0 Å². The summed E-state index contributed by atoms with van der Waals surface area (Å²) in [7, 11) is 0. The van der Waals surface area contributed by atoms with E-state index >= 15 is 0 Å². The zero-order chi connectivity index (χ0) is 14.9. The van der Waals surface area contributed by atoms with E-state index in [1.54, 1.807) is 17.0 Å². The molecule has 3 heteroatoms. The van der Waals surface area contributed by atoms with Crippen molar-refractivity contribution in [1.29, 1.82) is 0 Å². The predicted molar refractivity (Wildman–Crippen MR) is 79.4 cm³/mol. The lowest BCUT2D eigenvalue weighted by atomic mass is 9.93. The van der Waals surface area contributed by atoms with Gasteiger partial charge in [0.2, 0.25) is 5.91 Å². The van der Waals surface area contributed by atoms with Crippen LogP contribution in [0.25, 0.3) is 5.70 Å². The predicted octanol–water partition coefficient (Wildman–Crippen LogP) is 3.92. The number of hydrogen-bond acceptors (Lipinski definition) is 1. The van der Waals surface area contributed by atoms with Crippen LogP contribution in [-0.2, 0) is 4.79 Å². The smallest absolute Gasteiger partial charge is 0.232 e. The molecule has 1 aliphatic heterocycles. The Labute approximate surface area is 119 Å². The maximum atomic E-state index is 14.2. The summed E-state index contributed by atoms with van der Waals surface area (Å²) < 4.78 is 14.2. The molecule has 1 heterocycles. The SMILES string of the molecule is Cc1ccc(C2=CC=CCN2C(=O)C(C)(C)C)c(F)c1. The third kappa shape index (κ3) is 2.82. The van der Waals surface area contributed by atoms with Crippen LogP contribution in [0.4, 0.5) is 4.39 Å². The fraction of sp³-hybridized carbons (Fsp3) is 0.353. The van der Waals surface area contributed by atoms with Crippen molar-refractivity contribution in [2.24, 2.45) is 5.41 Å². The molecule has 1 aromatic rings. The second-order valence-corrected chi connectivity index (χ2v) is 6.13. The lowest BCUT2D eigenvalue weighted by molar-refractivity contribution is -0.135. The van der Waals surface area contributed by atoms with E-state index in [1.807, 2.05) is 45.9 Å². The average Bonchev–Trinajstić information content (AvgIpc) is 2.37. The van der Waals surface area contributed by atoms with E-state index in [2.05, 4.69) is 0 Å². The fourth-order valence-corrected chi connectivity index (χ4v) is 2.17. The molecule has 0 fully saturated rings. The molecular formula is C17H20FNO. The van der Waals surface area contributed by atoms with Crippen LogP contribution >= 0.6 is 0 Å². The number of rotatable bonds is 1. The summed E-state index contributed by atoms with van der Waals surface area (Å²) in [6.07, 6.45) is 5.56. The standard InChI is InChI=1S/C17H20FNO/c1-12-8-9-13(14(18)11-12)15-7-5-6-10-19(15)16(20)17(2,3)4/h5-9,11H,10H2,1-4H3. The number of carbonyl (C=O) groups excluding carboxylic acids is 1. The van der Waals surface area contributed by atoms with E-state index in [-0.39, 0.29) is 11.7 Å². The van der Waals surface area contributed by atoms with E-state index in [1.165, 1.54) is 6.07 Å². The molecule has 0 radical (unpaired) electrons. The van der Waals surface area contributed by atoms with Crippen LogP contribution in [0.1, 0.15) is 31.9 Å². The Morgan fingerprint density at radius 1 is 1.30 bits per heavy atom. The number of hydrogen-bond donors (Lipinski definition) is 0. The highest BCUT2D eigenvalue weighted by Gasteiger charge is 2.30. The van der Waals surface area contributed by atoms with Gasteiger partial charge in [-0.1, -0.05) is 39.0 Å². The van der Waals surface area contributed by atoms with Gasteiger partial charge in [-0.05, 0) is 30.7 Å². The quantitative estimate of drug-likeness (QED) is 0.759. The summed E-state index contributed by atoms with van der Waals surface area (Å²) in [4.78, 5) is 14.2. The number of aryl methyl sites for hydroxylation is 1. The Morgan fingerprint density at radius 2 is 2.00 bits per heavy atom. The van der Waals surface area contributed by atoms with Crippen molar-refractivity contribution < 1.29 is 9.18 Å². The molecular weight excluding hydrogens is 253 g/mol. The summed E-state index contributed by atoms with van der Waals surface area (Å²) in [5.74, 6) is -0.300. The Hall–Kier alpha value is -1.90. The first kappa shape index (κ1) is 14.5. The lowest BCUT2D eigenvalue weighted by Gasteiger charge is -2.32. The van der Waals surface area contributed by atoms with Gasteiger partial charge < -0.3 is 4.90 Å². The van der Waals surface area contributed by atoms with Crippen molar-refractivity contribution in [2.75, 3.05) is 6.54 Å². The van der Waals surface area contributed by atoms with Crippen molar-refractivity contribution in [2.45, 2.75) is 27.7 Å². The molecule has 0 saturated heterocycles. The van der Waals surface area contributed by atoms with Crippen molar-refractivity contribution in [3.05, 3.63) is 53.4 Å². The first-order chi connectivity index (χ1) is 9.30. The number of amides is 1. The molecule has 0 atom stereocenters. The van der Waals surface area contributed by atoms with Gasteiger partial charge in [-0.15, -0.1) is 0 Å². The minimum absolute atomic E-state index is 0.00641. The molecule has 1 aromatic carbocycles. The molecule has 2 nitrogen and oxygen atoms in total. The van der Waals surface area contributed by atoms with Gasteiger partial charge in [0, 0.05) is 17.5 Å². The molecule has 1 amide bonds. The molecule has 0 unspecified atom stereocenters. The minimum Gasteiger partial charge on any atom is -0.307 e. The van der Waals surface area contributed by atoms with E-state index in [4.69, 9.17) is 0 Å². The highest BCUT2D eigenvalue weighted by atomic mass is 19.1. The molecule has 0 bridgehead atoms. The maximum Gasteiger partial charge on any atom is 0.232 e. The number of halogens is 1. The van der Waals surface area contributed by atoms with Crippen molar-refractivity contribution in [3.8, 4) is 0 Å². The van der Waals surface area contributed by atoms with E-state index in [0.29, 0.717) is 17.8 Å². The number of benzene rings is 1. The molecule has 0 aromatic heterocycles. The largest absolute Gasteiger partial charge is 0.307 e. The molecule has 0 spiro atoms. The molecule has 0 aliphatic carbocycles.